The van der Waals surface area contributed by atoms with Gasteiger partial charge in [0.15, 0.2) is 5.96 Å². The number of aliphatic carboxylic acids is 1. The first-order valence-corrected chi connectivity index (χ1v) is 11.7. The summed E-state index contributed by atoms with van der Waals surface area (Å²) in [6, 6.07) is 7.81. The summed E-state index contributed by atoms with van der Waals surface area (Å²) < 4.78 is 28.5. The number of amides is 1. The monoisotopic (exact) mass is 478 g/mol. The molecule has 0 radical (unpaired) electrons. The van der Waals surface area contributed by atoms with Crippen molar-refractivity contribution >= 4 is 44.3 Å². The molecular weight excluding hydrogens is 448 g/mol. The number of carbonyl (C=O) groups is 2. The SMILES string of the molecule is C[C@H](NS(=O)(=O)c1cccc2c(N(C)C)cccc12)C(=O)N[C@@H](CCCNC(=N)N)C(=O)O. The molecule has 11 nitrogen and oxygen atoms in total. The van der Waals surface area contributed by atoms with Crippen LogP contribution in [-0.4, -0.2) is 64.1 Å². The second-order valence-corrected chi connectivity index (χ2v) is 9.43. The highest BCUT2D eigenvalue weighted by atomic mass is 32.2. The summed E-state index contributed by atoms with van der Waals surface area (Å²) >= 11 is 0. The van der Waals surface area contributed by atoms with Crippen LogP contribution in [0.2, 0.25) is 0 Å². The minimum absolute atomic E-state index is 0.0217. The second kappa shape index (κ2) is 11.0. The van der Waals surface area contributed by atoms with E-state index < -0.39 is 34.0 Å². The molecule has 0 aromatic heterocycles. The summed E-state index contributed by atoms with van der Waals surface area (Å²) in [5.74, 6) is -2.24. The molecule has 2 aromatic rings. The highest BCUT2D eigenvalue weighted by molar-refractivity contribution is 7.89. The van der Waals surface area contributed by atoms with Crippen molar-refractivity contribution in [2.45, 2.75) is 36.7 Å². The predicted molar refractivity (Wildman–Crippen MR) is 127 cm³/mol. The zero-order valence-corrected chi connectivity index (χ0v) is 19.6. The fraction of sp³-hybridized carbons (Fsp3) is 0.381. The van der Waals surface area contributed by atoms with Gasteiger partial charge in [0.25, 0.3) is 0 Å². The fourth-order valence-electron chi connectivity index (χ4n) is 3.32. The van der Waals surface area contributed by atoms with Crippen LogP contribution in [0.4, 0.5) is 5.69 Å². The Morgan fingerprint density at radius 3 is 2.39 bits per heavy atom. The standard InChI is InChI=1S/C21H30N6O5S/c1-13(19(28)25-16(20(29)30)9-6-12-24-21(22)23)26-33(31,32)18-11-5-7-14-15(18)8-4-10-17(14)27(2)3/h4-5,7-8,10-11,13,16,26H,6,9,12H2,1-3H3,(H,25,28)(H,29,30)(H4,22,23,24)/t13-,16-/m0/s1. The summed E-state index contributed by atoms with van der Waals surface area (Å²) in [6.45, 7) is 1.62. The topological polar surface area (TPSA) is 178 Å². The molecular formula is C21H30N6O5S. The molecule has 2 atom stereocenters. The van der Waals surface area contributed by atoms with Crippen LogP contribution in [0, 0.1) is 5.41 Å². The maximum absolute atomic E-state index is 13.1. The van der Waals surface area contributed by atoms with Crippen LogP contribution in [-0.2, 0) is 19.6 Å². The predicted octanol–water partition coefficient (Wildman–Crippen LogP) is 0.405. The minimum Gasteiger partial charge on any atom is -0.480 e. The van der Waals surface area contributed by atoms with Crippen LogP contribution < -0.4 is 26.0 Å². The lowest BCUT2D eigenvalue weighted by atomic mass is 10.1. The molecule has 0 unspecified atom stereocenters. The third-order valence-electron chi connectivity index (χ3n) is 4.96. The van der Waals surface area contributed by atoms with Gasteiger partial charge in [-0.15, -0.1) is 0 Å². The molecule has 33 heavy (non-hydrogen) atoms. The van der Waals surface area contributed by atoms with Gasteiger partial charge in [-0.25, -0.2) is 13.2 Å². The van der Waals surface area contributed by atoms with E-state index in [-0.39, 0.29) is 23.8 Å². The molecule has 0 heterocycles. The van der Waals surface area contributed by atoms with Gasteiger partial charge in [-0.2, -0.15) is 4.72 Å². The highest BCUT2D eigenvalue weighted by Crippen LogP contribution is 2.30. The van der Waals surface area contributed by atoms with E-state index >= 15 is 0 Å². The first-order chi connectivity index (χ1) is 15.4. The van der Waals surface area contributed by atoms with Gasteiger partial charge in [0.2, 0.25) is 15.9 Å². The summed E-state index contributed by atoms with van der Waals surface area (Å²) in [5.41, 5.74) is 6.02. The van der Waals surface area contributed by atoms with E-state index in [1.165, 1.54) is 13.0 Å². The number of hydrogen-bond acceptors (Lipinski definition) is 6. The molecule has 0 aliphatic carbocycles. The number of hydrogen-bond donors (Lipinski definition) is 6. The molecule has 7 N–H and O–H groups in total. The third-order valence-corrected chi connectivity index (χ3v) is 6.55. The number of carbonyl (C=O) groups excluding carboxylic acids is 1. The van der Waals surface area contributed by atoms with Gasteiger partial charge in [0, 0.05) is 37.1 Å². The maximum atomic E-state index is 13.1. The van der Waals surface area contributed by atoms with E-state index in [1.807, 2.05) is 31.1 Å². The number of carboxylic acids is 1. The van der Waals surface area contributed by atoms with Crippen molar-refractivity contribution < 1.29 is 23.1 Å². The maximum Gasteiger partial charge on any atom is 0.326 e. The molecule has 0 spiro atoms. The van der Waals surface area contributed by atoms with E-state index in [4.69, 9.17) is 11.1 Å². The van der Waals surface area contributed by atoms with Gasteiger partial charge >= 0.3 is 5.97 Å². The van der Waals surface area contributed by atoms with Crippen molar-refractivity contribution in [3.63, 3.8) is 0 Å². The Morgan fingerprint density at radius 2 is 1.79 bits per heavy atom. The van der Waals surface area contributed by atoms with Crippen LogP contribution in [0.5, 0.6) is 0 Å². The number of fused-ring (bicyclic) bond motifs is 1. The number of anilines is 1. The quantitative estimate of drug-likeness (QED) is 0.153. The van der Waals surface area contributed by atoms with Crippen molar-refractivity contribution in [3.8, 4) is 0 Å². The Kier molecular flexibility index (Phi) is 8.60. The van der Waals surface area contributed by atoms with Crippen molar-refractivity contribution in [1.29, 1.82) is 5.41 Å². The van der Waals surface area contributed by atoms with Crippen LogP contribution >= 0.6 is 0 Å². The van der Waals surface area contributed by atoms with Gasteiger partial charge in [-0.05, 0) is 31.9 Å². The largest absolute Gasteiger partial charge is 0.480 e. The van der Waals surface area contributed by atoms with E-state index in [0.29, 0.717) is 11.8 Å². The molecule has 0 saturated carbocycles. The van der Waals surface area contributed by atoms with Gasteiger partial charge in [-0.1, -0.05) is 24.3 Å². The molecule has 0 aliphatic rings. The number of nitrogens with zero attached hydrogens (tertiary/aromatic N) is 1. The zero-order chi connectivity index (χ0) is 24.8. The lowest BCUT2D eigenvalue weighted by Gasteiger charge is -2.20. The summed E-state index contributed by atoms with van der Waals surface area (Å²) in [6.07, 6.45) is 0.415. The van der Waals surface area contributed by atoms with Gasteiger partial charge in [-0.3, -0.25) is 10.2 Å². The van der Waals surface area contributed by atoms with Crippen molar-refractivity contribution in [3.05, 3.63) is 36.4 Å². The summed E-state index contributed by atoms with van der Waals surface area (Å²) in [4.78, 5) is 25.9. The highest BCUT2D eigenvalue weighted by Gasteiger charge is 2.27. The number of benzene rings is 2. The van der Waals surface area contributed by atoms with Crippen molar-refractivity contribution in [2.24, 2.45) is 5.73 Å². The van der Waals surface area contributed by atoms with Crippen LogP contribution in [0.15, 0.2) is 41.3 Å². The van der Waals surface area contributed by atoms with Crippen LogP contribution in [0.3, 0.4) is 0 Å². The molecule has 2 aromatic carbocycles. The van der Waals surface area contributed by atoms with Gasteiger partial charge in [0.05, 0.1) is 10.9 Å². The Balaban J connectivity index is 2.16. The molecule has 0 aliphatic heterocycles. The average Bonchev–Trinajstić information content (AvgIpc) is 2.73. The van der Waals surface area contributed by atoms with Crippen molar-refractivity contribution in [1.82, 2.24) is 15.4 Å². The number of nitrogens with two attached hydrogens (primary N) is 1. The molecule has 1 amide bonds. The minimum atomic E-state index is -4.08. The first-order valence-electron chi connectivity index (χ1n) is 10.3. The lowest BCUT2D eigenvalue weighted by molar-refractivity contribution is -0.142. The van der Waals surface area contributed by atoms with E-state index in [0.717, 1.165) is 11.1 Å². The van der Waals surface area contributed by atoms with Gasteiger partial charge < -0.3 is 26.4 Å². The van der Waals surface area contributed by atoms with E-state index in [9.17, 15) is 23.1 Å². The average molecular weight is 479 g/mol. The molecule has 0 bridgehead atoms. The first kappa shape index (κ1) is 25.9. The number of guanidine groups is 1. The molecule has 0 saturated heterocycles. The molecule has 0 fully saturated rings. The van der Waals surface area contributed by atoms with Gasteiger partial charge in [0.1, 0.15) is 6.04 Å². The molecule has 12 heteroatoms. The molecule has 180 valence electrons. The third kappa shape index (κ3) is 6.80. The second-order valence-electron chi connectivity index (χ2n) is 7.75. The Hall–Kier alpha value is -3.38. The fourth-order valence-corrected chi connectivity index (χ4v) is 4.75. The number of rotatable bonds is 11. The van der Waals surface area contributed by atoms with E-state index in [1.54, 1.807) is 18.2 Å². The Labute approximate surface area is 192 Å². The van der Waals surface area contributed by atoms with Crippen LogP contribution in [0.1, 0.15) is 19.8 Å². The smallest absolute Gasteiger partial charge is 0.326 e. The Morgan fingerprint density at radius 1 is 1.15 bits per heavy atom. The molecule has 2 rings (SSSR count). The Bertz CT molecular complexity index is 1140. The summed E-state index contributed by atoms with van der Waals surface area (Å²) in [5, 5.41) is 22.6. The summed E-state index contributed by atoms with van der Waals surface area (Å²) in [7, 11) is -0.371. The number of carboxylic acid groups (broad SMARTS) is 1. The number of nitrogens with one attached hydrogen (secondary N) is 4. The van der Waals surface area contributed by atoms with E-state index in [2.05, 4.69) is 15.4 Å². The number of sulfonamides is 1. The zero-order valence-electron chi connectivity index (χ0n) is 18.8. The van der Waals surface area contributed by atoms with Crippen LogP contribution in [0.25, 0.3) is 10.8 Å². The lowest BCUT2D eigenvalue weighted by Crippen LogP contribution is -2.50. The van der Waals surface area contributed by atoms with Crippen molar-refractivity contribution in [2.75, 3.05) is 25.5 Å². The normalized spacial score (nSPS) is 13.2.